The summed E-state index contributed by atoms with van der Waals surface area (Å²) in [6.45, 7) is 1.35. The minimum Gasteiger partial charge on any atom is -0.383 e. The largest absolute Gasteiger partial charge is 0.383 e. The van der Waals surface area contributed by atoms with Gasteiger partial charge in [0.25, 0.3) is 5.91 Å². The molecule has 12 heteroatoms. The SMILES string of the molecule is C/C(=C\NC(=S)NC(=O)c1cc(C#N)cc(OS(C)(=O)=O)c1)S(C)(=O)=O. The van der Waals surface area contributed by atoms with Gasteiger partial charge >= 0.3 is 10.1 Å². The van der Waals surface area contributed by atoms with E-state index in [0.29, 0.717) is 0 Å². The van der Waals surface area contributed by atoms with Crippen LogP contribution in [-0.4, -0.2) is 40.4 Å². The zero-order valence-corrected chi connectivity index (χ0v) is 16.4. The Bertz CT molecular complexity index is 1020. The lowest BCUT2D eigenvalue weighted by molar-refractivity contribution is 0.0976. The second-order valence-corrected chi connectivity index (χ2v) is 9.27. The van der Waals surface area contributed by atoms with Gasteiger partial charge in [0.15, 0.2) is 14.9 Å². The van der Waals surface area contributed by atoms with Crippen LogP contribution in [0.1, 0.15) is 22.8 Å². The summed E-state index contributed by atoms with van der Waals surface area (Å²) in [5.41, 5.74) is -0.0707. The number of rotatable bonds is 5. The molecule has 0 aliphatic heterocycles. The van der Waals surface area contributed by atoms with Crippen molar-refractivity contribution in [3.05, 3.63) is 40.4 Å². The zero-order valence-electron chi connectivity index (χ0n) is 13.9. The first-order chi connectivity index (χ1) is 11.8. The van der Waals surface area contributed by atoms with Gasteiger partial charge in [0, 0.05) is 18.0 Å². The van der Waals surface area contributed by atoms with Gasteiger partial charge in [-0.2, -0.15) is 13.7 Å². The summed E-state index contributed by atoms with van der Waals surface area (Å²) in [4.78, 5) is 12.2. The van der Waals surface area contributed by atoms with Crippen molar-refractivity contribution < 1.29 is 25.8 Å². The van der Waals surface area contributed by atoms with E-state index in [1.54, 1.807) is 6.07 Å². The van der Waals surface area contributed by atoms with Crippen LogP contribution in [0, 0.1) is 11.3 Å². The standard InChI is InChI=1S/C14H15N3O6S3/c1-9(25(2,19)20)8-16-14(24)17-13(18)11-4-10(7-15)5-12(6-11)23-26(3,21)22/h4-6,8H,1-3H3,(H2,16,17,18,24)/b9-8+. The van der Waals surface area contributed by atoms with Crippen LogP contribution in [0.25, 0.3) is 0 Å². The molecule has 0 saturated heterocycles. The van der Waals surface area contributed by atoms with Crippen LogP contribution in [0.5, 0.6) is 5.75 Å². The molecule has 26 heavy (non-hydrogen) atoms. The number of sulfone groups is 1. The average Bonchev–Trinajstić information content (AvgIpc) is 2.49. The number of carbonyl (C=O) groups excluding carboxylic acids is 1. The molecule has 0 atom stereocenters. The Hall–Kier alpha value is -2.49. The predicted molar refractivity (Wildman–Crippen MR) is 98.4 cm³/mol. The summed E-state index contributed by atoms with van der Waals surface area (Å²) < 4.78 is 49.6. The van der Waals surface area contributed by atoms with Crippen LogP contribution in [0.15, 0.2) is 29.3 Å². The number of nitriles is 1. The fourth-order valence-corrected chi connectivity index (χ4v) is 2.37. The minimum absolute atomic E-state index is 0.00277. The van der Waals surface area contributed by atoms with Gasteiger partial charge < -0.3 is 9.50 Å². The van der Waals surface area contributed by atoms with Crippen molar-refractivity contribution in [2.45, 2.75) is 6.92 Å². The third-order valence-electron chi connectivity index (χ3n) is 2.76. The molecular weight excluding hydrogens is 402 g/mol. The molecule has 9 nitrogen and oxygen atoms in total. The molecule has 0 aliphatic carbocycles. The maximum Gasteiger partial charge on any atom is 0.306 e. The normalized spacial score (nSPS) is 12.0. The zero-order chi connectivity index (χ0) is 20.1. The summed E-state index contributed by atoms with van der Waals surface area (Å²) in [6, 6.07) is 5.27. The number of allylic oxidation sites excluding steroid dienone is 1. The number of carbonyl (C=O) groups is 1. The third-order valence-corrected chi connectivity index (χ3v) is 4.77. The van der Waals surface area contributed by atoms with Crippen LogP contribution >= 0.6 is 12.2 Å². The minimum atomic E-state index is -3.84. The molecule has 0 saturated carbocycles. The maximum absolute atomic E-state index is 12.2. The van der Waals surface area contributed by atoms with Crippen LogP contribution in [0.4, 0.5) is 0 Å². The first-order valence-corrected chi connectivity index (χ1v) is 10.9. The summed E-state index contributed by atoms with van der Waals surface area (Å²) in [5, 5.41) is 13.5. The fourth-order valence-electron chi connectivity index (χ4n) is 1.50. The van der Waals surface area contributed by atoms with E-state index >= 15 is 0 Å². The molecule has 0 fully saturated rings. The molecule has 0 heterocycles. The summed E-state index contributed by atoms with van der Waals surface area (Å²) in [6.07, 6.45) is 2.95. The highest BCUT2D eigenvalue weighted by Gasteiger charge is 2.14. The molecule has 1 aromatic rings. The molecular formula is C14H15N3O6S3. The smallest absolute Gasteiger partial charge is 0.306 e. The van der Waals surface area contributed by atoms with Crippen molar-refractivity contribution in [3.8, 4) is 11.8 Å². The molecule has 0 aliphatic rings. The molecule has 0 unspecified atom stereocenters. The van der Waals surface area contributed by atoms with Crippen LogP contribution in [0.3, 0.4) is 0 Å². The number of hydrogen-bond acceptors (Lipinski definition) is 8. The van der Waals surface area contributed by atoms with Gasteiger partial charge in [-0.15, -0.1) is 0 Å². The Morgan fingerprint density at radius 3 is 2.35 bits per heavy atom. The summed E-state index contributed by atoms with van der Waals surface area (Å²) in [5.74, 6) is -0.952. The van der Waals surface area contributed by atoms with Crippen LogP contribution < -0.4 is 14.8 Å². The van der Waals surface area contributed by atoms with Crippen molar-refractivity contribution >= 4 is 43.2 Å². The topological polar surface area (TPSA) is 142 Å². The van der Waals surface area contributed by atoms with Gasteiger partial charge in [-0.3, -0.25) is 10.1 Å². The van der Waals surface area contributed by atoms with Crippen molar-refractivity contribution in [1.82, 2.24) is 10.6 Å². The average molecular weight is 417 g/mol. The third kappa shape index (κ3) is 7.18. The Labute approximate surface area is 156 Å². The quantitative estimate of drug-likeness (QED) is 0.514. The van der Waals surface area contributed by atoms with Gasteiger partial charge in [-0.05, 0) is 37.3 Å². The molecule has 1 aromatic carbocycles. The molecule has 1 rings (SSSR count). The second kappa shape index (κ2) is 8.26. The molecule has 1 amide bonds. The Kier molecular flexibility index (Phi) is 6.85. The summed E-state index contributed by atoms with van der Waals surface area (Å²) >= 11 is 4.88. The Morgan fingerprint density at radius 2 is 1.85 bits per heavy atom. The Morgan fingerprint density at radius 1 is 1.23 bits per heavy atom. The lowest BCUT2D eigenvalue weighted by Crippen LogP contribution is -2.37. The second-order valence-electron chi connectivity index (χ2n) is 5.10. The van der Waals surface area contributed by atoms with E-state index in [1.807, 2.05) is 0 Å². The van der Waals surface area contributed by atoms with Gasteiger partial charge in [-0.25, -0.2) is 8.42 Å². The van der Waals surface area contributed by atoms with Gasteiger partial charge in [0.05, 0.1) is 22.8 Å². The molecule has 0 aromatic heterocycles. The van der Waals surface area contributed by atoms with E-state index in [0.717, 1.165) is 30.8 Å². The van der Waals surface area contributed by atoms with Crippen molar-refractivity contribution in [2.24, 2.45) is 0 Å². The highest BCUT2D eigenvalue weighted by Crippen LogP contribution is 2.18. The Balaban J connectivity index is 2.98. The maximum atomic E-state index is 12.2. The number of amides is 1. The number of nitrogens with zero attached hydrogens (tertiary/aromatic N) is 1. The van der Waals surface area contributed by atoms with E-state index in [2.05, 4.69) is 14.8 Å². The van der Waals surface area contributed by atoms with E-state index in [1.165, 1.54) is 13.0 Å². The lowest BCUT2D eigenvalue weighted by atomic mass is 10.1. The van der Waals surface area contributed by atoms with Crippen LogP contribution in [-0.2, 0) is 20.0 Å². The van der Waals surface area contributed by atoms with E-state index in [4.69, 9.17) is 17.5 Å². The van der Waals surface area contributed by atoms with Crippen LogP contribution in [0.2, 0.25) is 0 Å². The summed E-state index contributed by atoms with van der Waals surface area (Å²) in [7, 11) is -7.24. The fraction of sp³-hybridized carbons (Fsp3) is 0.214. The van der Waals surface area contributed by atoms with Gasteiger partial charge in [-0.1, -0.05) is 0 Å². The molecule has 0 bridgehead atoms. The number of benzene rings is 1. The van der Waals surface area contributed by atoms with E-state index < -0.39 is 25.9 Å². The van der Waals surface area contributed by atoms with E-state index in [-0.39, 0.29) is 26.9 Å². The van der Waals surface area contributed by atoms with Gasteiger partial charge in [0.2, 0.25) is 0 Å². The first-order valence-electron chi connectivity index (χ1n) is 6.75. The monoisotopic (exact) mass is 417 g/mol. The van der Waals surface area contributed by atoms with Gasteiger partial charge in [0.1, 0.15) is 5.75 Å². The number of hydrogen-bond donors (Lipinski definition) is 2. The van der Waals surface area contributed by atoms with Crippen molar-refractivity contribution in [2.75, 3.05) is 12.5 Å². The van der Waals surface area contributed by atoms with Crippen molar-refractivity contribution in [3.63, 3.8) is 0 Å². The highest BCUT2D eigenvalue weighted by atomic mass is 32.2. The molecule has 140 valence electrons. The first kappa shape index (κ1) is 21.6. The number of thiocarbonyl (C=S) groups is 1. The predicted octanol–water partition coefficient (Wildman–Crippen LogP) is 0.407. The number of nitrogens with one attached hydrogen (secondary N) is 2. The highest BCUT2D eigenvalue weighted by molar-refractivity contribution is 7.94. The molecule has 0 spiro atoms. The molecule has 0 radical (unpaired) electrons. The lowest BCUT2D eigenvalue weighted by Gasteiger charge is -2.09. The van der Waals surface area contributed by atoms with E-state index in [9.17, 15) is 21.6 Å². The van der Waals surface area contributed by atoms with Crippen molar-refractivity contribution in [1.29, 1.82) is 5.26 Å². The molecule has 2 N–H and O–H groups in total.